The molecule has 0 saturated carbocycles. The molecule has 2 rings (SSSR count). The Kier molecular flexibility index (Phi) is 5.35. The van der Waals surface area contributed by atoms with Gasteiger partial charge in [-0.15, -0.1) is 0 Å². The van der Waals surface area contributed by atoms with Crippen molar-refractivity contribution in [1.29, 1.82) is 0 Å². The van der Waals surface area contributed by atoms with Crippen LogP contribution in [0.2, 0.25) is 0 Å². The second-order valence-electron chi connectivity index (χ2n) is 6.18. The number of sulfone groups is 1. The average Bonchev–Trinajstić information content (AvgIpc) is 2.48. The third kappa shape index (κ3) is 4.37. The van der Waals surface area contributed by atoms with Gasteiger partial charge in [0.1, 0.15) is 0 Å². The van der Waals surface area contributed by atoms with Crippen molar-refractivity contribution >= 4 is 21.6 Å². The predicted molar refractivity (Wildman–Crippen MR) is 95.0 cm³/mol. The number of benzene rings is 2. The van der Waals surface area contributed by atoms with Crippen LogP contribution in [0.1, 0.15) is 31.6 Å². The van der Waals surface area contributed by atoms with Crippen molar-refractivity contribution in [2.45, 2.75) is 35.7 Å². The van der Waals surface area contributed by atoms with Crippen LogP contribution in [-0.2, 0) is 9.84 Å². The molecule has 0 aliphatic heterocycles. The van der Waals surface area contributed by atoms with E-state index in [-0.39, 0.29) is 4.75 Å². The van der Waals surface area contributed by atoms with Gasteiger partial charge in [0, 0.05) is 10.5 Å². The van der Waals surface area contributed by atoms with Crippen LogP contribution in [0.5, 0.6) is 0 Å². The molecule has 4 heteroatoms. The SMILES string of the molecule is CC(C)(C)SCC(c1ccccc1)S(=O)(=O)c1ccccc1. The van der Waals surface area contributed by atoms with Gasteiger partial charge in [-0.1, -0.05) is 69.3 Å². The highest BCUT2D eigenvalue weighted by molar-refractivity contribution is 8.01. The lowest BCUT2D eigenvalue weighted by Crippen LogP contribution is -2.19. The number of hydrogen-bond donors (Lipinski definition) is 0. The molecule has 0 aliphatic carbocycles. The quantitative estimate of drug-likeness (QED) is 0.792. The molecule has 118 valence electrons. The lowest BCUT2D eigenvalue weighted by atomic mass is 10.2. The maximum atomic E-state index is 13.0. The summed E-state index contributed by atoms with van der Waals surface area (Å²) in [6.45, 7) is 6.32. The summed E-state index contributed by atoms with van der Waals surface area (Å²) in [5.74, 6) is 0.546. The van der Waals surface area contributed by atoms with Crippen molar-refractivity contribution < 1.29 is 8.42 Å². The molecule has 22 heavy (non-hydrogen) atoms. The normalized spacial score (nSPS) is 13.8. The van der Waals surface area contributed by atoms with Gasteiger partial charge in [-0.05, 0) is 17.7 Å². The zero-order valence-electron chi connectivity index (χ0n) is 13.2. The molecule has 0 aliphatic rings. The van der Waals surface area contributed by atoms with Crippen molar-refractivity contribution in [1.82, 2.24) is 0 Å². The molecule has 0 radical (unpaired) electrons. The monoisotopic (exact) mass is 334 g/mol. The smallest absolute Gasteiger partial charge is 0.186 e. The van der Waals surface area contributed by atoms with Crippen molar-refractivity contribution in [2.75, 3.05) is 5.75 Å². The lowest BCUT2D eigenvalue weighted by molar-refractivity contribution is 0.587. The molecule has 0 spiro atoms. The Morgan fingerprint density at radius 3 is 1.91 bits per heavy atom. The van der Waals surface area contributed by atoms with Crippen LogP contribution in [0.15, 0.2) is 65.6 Å². The fourth-order valence-electron chi connectivity index (χ4n) is 2.13. The van der Waals surface area contributed by atoms with Crippen LogP contribution in [0.3, 0.4) is 0 Å². The van der Waals surface area contributed by atoms with Gasteiger partial charge in [-0.25, -0.2) is 8.42 Å². The van der Waals surface area contributed by atoms with Crippen molar-refractivity contribution in [3.05, 3.63) is 66.2 Å². The maximum absolute atomic E-state index is 13.0. The number of rotatable bonds is 5. The molecular formula is C18H22O2S2. The Hall–Kier alpha value is -1.26. The van der Waals surface area contributed by atoms with E-state index in [0.29, 0.717) is 10.6 Å². The first-order valence-corrected chi connectivity index (χ1v) is 9.82. The summed E-state index contributed by atoms with van der Waals surface area (Å²) in [5, 5.41) is -0.527. The molecule has 1 atom stereocenters. The summed E-state index contributed by atoms with van der Waals surface area (Å²) >= 11 is 1.68. The van der Waals surface area contributed by atoms with Gasteiger partial charge >= 0.3 is 0 Å². The third-order valence-electron chi connectivity index (χ3n) is 3.29. The number of thioether (sulfide) groups is 1. The van der Waals surface area contributed by atoms with Crippen LogP contribution in [0, 0.1) is 0 Å². The molecule has 2 aromatic rings. The Morgan fingerprint density at radius 1 is 0.909 bits per heavy atom. The Morgan fingerprint density at radius 2 is 1.41 bits per heavy atom. The first-order chi connectivity index (χ1) is 10.3. The Balaban J connectivity index is 2.40. The van der Waals surface area contributed by atoms with Gasteiger partial charge in [0.2, 0.25) is 0 Å². The summed E-state index contributed by atoms with van der Waals surface area (Å²) in [6.07, 6.45) is 0. The first-order valence-electron chi connectivity index (χ1n) is 7.28. The summed E-state index contributed by atoms with van der Waals surface area (Å²) in [7, 11) is -3.40. The zero-order chi connectivity index (χ0) is 16.2. The molecule has 2 nitrogen and oxygen atoms in total. The lowest BCUT2D eigenvalue weighted by Gasteiger charge is -2.23. The largest absolute Gasteiger partial charge is 0.223 e. The van der Waals surface area contributed by atoms with Crippen LogP contribution >= 0.6 is 11.8 Å². The summed E-state index contributed by atoms with van der Waals surface area (Å²) in [4.78, 5) is 0.387. The van der Waals surface area contributed by atoms with E-state index in [0.717, 1.165) is 5.56 Å². The summed E-state index contributed by atoms with van der Waals surface area (Å²) < 4.78 is 26.1. The molecule has 0 amide bonds. The van der Waals surface area contributed by atoms with E-state index in [1.807, 2.05) is 36.4 Å². The molecule has 2 aromatic carbocycles. The maximum Gasteiger partial charge on any atom is 0.186 e. The molecule has 0 bridgehead atoms. The van der Waals surface area contributed by atoms with Gasteiger partial charge in [-0.3, -0.25) is 0 Å². The minimum atomic E-state index is -3.40. The van der Waals surface area contributed by atoms with Crippen molar-refractivity contribution in [2.24, 2.45) is 0 Å². The topological polar surface area (TPSA) is 34.1 Å². The van der Waals surface area contributed by atoms with E-state index in [1.54, 1.807) is 36.0 Å². The van der Waals surface area contributed by atoms with Crippen molar-refractivity contribution in [3.8, 4) is 0 Å². The fraction of sp³-hybridized carbons (Fsp3) is 0.333. The molecule has 0 saturated heterocycles. The molecule has 0 fully saturated rings. The molecule has 0 N–H and O–H groups in total. The zero-order valence-corrected chi connectivity index (χ0v) is 14.8. The average molecular weight is 335 g/mol. The van der Waals surface area contributed by atoms with Crippen LogP contribution in [0.4, 0.5) is 0 Å². The van der Waals surface area contributed by atoms with E-state index in [1.165, 1.54) is 0 Å². The molecule has 0 heterocycles. The van der Waals surface area contributed by atoms with E-state index in [2.05, 4.69) is 20.8 Å². The highest BCUT2D eigenvalue weighted by Gasteiger charge is 2.30. The van der Waals surface area contributed by atoms with E-state index in [9.17, 15) is 8.42 Å². The predicted octanol–water partition coefficient (Wildman–Crippen LogP) is 4.73. The molecule has 1 unspecified atom stereocenters. The number of hydrogen-bond acceptors (Lipinski definition) is 3. The minimum absolute atomic E-state index is 0.0270. The summed E-state index contributed by atoms with van der Waals surface area (Å²) in [5.41, 5.74) is 0.850. The summed E-state index contributed by atoms with van der Waals surface area (Å²) in [6, 6.07) is 18.2. The van der Waals surface area contributed by atoms with E-state index in [4.69, 9.17) is 0 Å². The van der Waals surface area contributed by atoms with Gasteiger partial charge < -0.3 is 0 Å². The van der Waals surface area contributed by atoms with Crippen LogP contribution in [-0.4, -0.2) is 18.9 Å². The van der Waals surface area contributed by atoms with Gasteiger partial charge in [0.25, 0.3) is 0 Å². The van der Waals surface area contributed by atoms with Gasteiger partial charge in [0.05, 0.1) is 10.1 Å². The second kappa shape index (κ2) is 6.88. The van der Waals surface area contributed by atoms with E-state index >= 15 is 0 Å². The Labute approximate surface area is 137 Å². The first kappa shape index (κ1) is 17.1. The molecule has 0 aromatic heterocycles. The Bertz CT molecular complexity index is 687. The van der Waals surface area contributed by atoms with Crippen LogP contribution in [0.25, 0.3) is 0 Å². The highest BCUT2D eigenvalue weighted by atomic mass is 32.2. The van der Waals surface area contributed by atoms with Gasteiger partial charge in [0.15, 0.2) is 9.84 Å². The third-order valence-corrected chi connectivity index (χ3v) is 6.98. The minimum Gasteiger partial charge on any atom is -0.223 e. The fourth-order valence-corrected chi connectivity index (χ4v) is 5.28. The van der Waals surface area contributed by atoms with Gasteiger partial charge in [-0.2, -0.15) is 11.8 Å². The molecular weight excluding hydrogens is 312 g/mol. The van der Waals surface area contributed by atoms with E-state index < -0.39 is 15.1 Å². The van der Waals surface area contributed by atoms with Crippen LogP contribution < -0.4 is 0 Å². The van der Waals surface area contributed by atoms with Crippen molar-refractivity contribution in [3.63, 3.8) is 0 Å². The second-order valence-corrected chi connectivity index (χ2v) is 10.2. The highest BCUT2D eigenvalue weighted by Crippen LogP contribution is 2.35. The standard InChI is InChI=1S/C18H22O2S2/c1-18(2,3)21-14-17(15-10-6-4-7-11-15)22(19,20)16-12-8-5-9-13-16/h4-13,17H,14H2,1-3H3.